The summed E-state index contributed by atoms with van der Waals surface area (Å²) in [7, 11) is 1.37. The Hall–Kier alpha value is -1.71. The quantitative estimate of drug-likeness (QED) is 0.778. The van der Waals surface area contributed by atoms with E-state index in [1.165, 1.54) is 7.11 Å². The highest BCUT2D eigenvalue weighted by Gasteiger charge is 2.08. The molecule has 0 aliphatic carbocycles. The molecular formula is C12H16O4. The Kier molecular flexibility index (Phi) is 4.64. The topological polar surface area (TPSA) is 55.8 Å². The summed E-state index contributed by atoms with van der Waals surface area (Å²) in [4.78, 5) is 10.9. The van der Waals surface area contributed by atoms with Crippen molar-refractivity contribution in [2.45, 2.75) is 25.9 Å². The molecule has 0 saturated heterocycles. The summed E-state index contributed by atoms with van der Waals surface area (Å²) in [5.41, 5.74) is 0. The van der Waals surface area contributed by atoms with Crippen LogP contribution >= 0.6 is 0 Å². The summed E-state index contributed by atoms with van der Waals surface area (Å²) >= 11 is 0. The first-order chi connectivity index (χ1) is 7.61. The van der Waals surface area contributed by atoms with Gasteiger partial charge in [0.15, 0.2) is 0 Å². The number of phenols is 1. The lowest BCUT2D eigenvalue weighted by Crippen LogP contribution is -2.14. The fourth-order valence-corrected chi connectivity index (χ4v) is 1.24. The predicted molar refractivity (Wildman–Crippen MR) is 59.4 cm³/mol. The molecule has 0 spiro atoms. The van der Waals surface area contributed by atoms with Gasteiger partial charge in [-0.3, -0.25) is 4.79 Å². The minimum Gasteiger partial charge on any atom is -0.508 e. The minimum atomic E-state index is -0.235. The fourth-order valence-electron chi connectivity index (χ4n) is 1.24. The maximum Gasteiger partial charge on any atom is 0.305 e. The second-order valence-electron chi connectivity index (χ2n) is 3.54. The van der Waals surface area contributed by atoms with E-state index in [-0.39, 0.29) is 17.8 Å². The van der Waals surface area contributed by atoms with E-state index < -0.39 is 0 Å². The van der Waals surface area contributed by atoms with Crippen molar-refractivity contribution in [2.24, 2.45) is 0 Å². The molecule has 1 rings (SSSR count). The van der Waals surface area contributed by atoms with Gasteiger partial charge >= 0.3 is 5.97 Å². The zero-order chi connectivity index (χ0) is 12.0. The smallest absolute Gasteiger partial charge is 0.305 e. The van der Waals surface area contributed by atoms with Gasteiger partial charge in [-0.2, -0.15) is 0 Å². The molecule has 1 aromatic carbocycles. The van der Waals surface area contributed by atoms with E-state index in [9.17, 15) is 4.79 Å². The molecule has 0 bridgehead atoms. The van der Waals surface area contributed by atoms with E-state index in [1.807, 2.05) is 6.92 Å². The van der Waals surface area contributed by atoms with Crippen LogP contribution in [0.1, 0.15) is 19.8 Å². The Bertz CT molecular complexity index is 331. The molecule has 1 unspecified atom stereocenters. The van der Waals surface area contributed by atoms with Crippen LogP contribution in [0.5, 0.6) is 11.5 Å². The van der Waals surface area contributed by atoms with Crippen LogP contribution in [0.4, 0.5) is 0 Å². The molecule has 0 fully saturated rings. The van der Waals surface area contributed by atoms with E-state index >= 15 is 0 Å². The number of phenolic OH excluding ortho intramolecular Hbond substituents is 1. The number of benzene rings is 1. The van der Waals surface area contributed by atoms with Gasteiger partial charge in [-0.05, 0) is 37.6 Å². The number of esters is 1. The summed E-state index contributed by atoms with van der Waals surface area (Å²) in [6.45, 7) is 1.88. The number of rotatable bonds is 5. The zero-order valence-electron chi connectivity index (χ0n) is 9.47. The monoisotopic (exact) mass is 224 g/mol. The number of ether oxygens (including phenoxy) is 2. The molecule has 0 amide bonds. The Morgan fingerprint density at radius 1 is 1.38 bits per heavy atom. The third-order valence-electron chi connectivity index (χ3n) is 2.16. The lowest BCUT2D eigenvalue weighted by atomic mass is 10.2. The lowest BCUT2D eigenvalue weighted by Gasteiger charge is -2.13. The minimum absolute atomic E-state index is 0.0661. The Balaban J connectivity index is 2.36. The van der Waals surface area contributed by atoms with E-state index in [0.29, 0.717) is 18.6 Å². The third-order valence-corrected chi connectivity index (χ3v) is 2.16. The van der Waals surface area contributed by atoms with Crippen molar-refractivity contribution in [1.29, 1.82) is 0 Å². The number of aromatic hydroxyl groups is 1. The number of methoxy groups -OCH3 is 1. The van der Waals surface area contributed by atoms with Crippen LogP contribution in [0.2, 0.25) is 0 Å². The number of carbonyl (C=O) groups excluding carboxylic acids is 1. The average molecular weight is 224 g/mol. The van der Waals surface area contributed by atoms with E-state index in [1.54, 1.807) is 24.3 Å². The average Bonchev–Trinajstić information content (AvgIpc) is 2.29. The summed E-state index contributed by atoms with van der Waals surface area (Å²) < 4.78 is 10.1. The molecule has 0 heterocycles. The molecule has 88 valence electrons. The maximum atomic E-state index is 10.9. The van der Waals surface area contributed by atoms with Crippen molar-refractivity contribution >= 4 is 5.97 Å². The van der Waals surface area contributed by atoms with Gasteiger partial charge in [-0.25, -0.2) is 0 Å². The Morgan fingerprint density at radius 3 is 2.56 bits per heavy atom. The summed E-state index contributed by atoms with van der Waals surface area (Å²) in [5.74, 6) is 0.644. The van der Waals surface area contributed by atoms with Gasteiger partial charge in [0.2, 0.25) is 0 Å². The van der Waals surface area contributed by atoms with Gasteiger partial charge in [-0.15, -0.1) is 0 Å². The summed E-state index contributed by atoms with van der Waals surface area (Å²) in [6.07, 6.45) is 0.882. The summed E-state index contributed by atoms with van der Waals surface area (Å²) in [6, 6.07) is 6.48. The SMILES string of the molecule is COC(=O)CCC(C)Oc1ccc(O)cc1. The molecule has 16 heavy (non-hydrogen) atoms. The number of hydrogen-bond donors (Lipinski definition) is 1. The van der Waals surface area contributed by atoms with Crippen LogP contribution < -0.4 is 4.74 Å². The van der Waals surface area contributed by atoms with Crippen LogP contribution in [0, 0.1) is 0 Å². The van der Waals surface area contributed by atoms with E-state index in [0.717, 1.165) is 0 Å². The van der Waals surface area contributed by atoms with Crippen molar-refractivity contribution in [1.82, 2.24) is 0 Å². The molecule has 1 atom stereocenters. The molecule has 0 aliphatic rings. The van der Waals surface area contributed by atoms with Crippen LogP contribution in [-0.2, 0) is 9.53 Å². The standard InChI is InChI=1S/C12H16O4/c1-9(3-8-12(14)15-2)16-11-6-4-10(13)5-7-11/h4-7,9,13H,3,8H2,1-2H3. The molecule has 4 nitrogen and oxygen atoms in total. The zero-order valence-corrected chi connectivity index (χ0v) is 9.47. The van der Waals surface area contributed by atoms with E-state index in [2.05, 4.69) is 4.74 Å². The normalized spacial score (nSPS) is 11.9. The second kappa shape index (κ2) is 6.00. The molecule has 0 aromatic heterocycles. The predicted octanol–water partition coefficient (Wildman–Crippen LogP) is 2.11. The first-order valence-electron chi connectivity index (χ1n) is 5.14. The largest absolute Gasteiger partial charge is 0.508 e. The molecule has 0 aliphatic heterocycles. The van der Waals surface area contributed by atoms with Crippen molar-refractivity contribution in [2.75, 3.05) is 7.11 Å². The molecule has 1 N–H and O–H groups in total. The fraction of sp³-hybridized carbons (Fsp3) is 0.417. The number of hydrogen-bond acceptors (Lipinski definition) is 4. The van der Waals surface area contributed by atoms with Crippen molar-refractivity contribution < 1.29 is 19.4 Å². The van der Waals surface area contributed by atoms with Crippen LogP contribution in [0.3, 0.4) is 0 Å². The third kappa shape index (κ3) is 4.21. The van der Waals surface area contributed by atoms with Crippen molar-refractivity contribution in [3.8, 4) is 11.5 Å². The van der Waals surface area contributed by atoms with Gasteiger partial charge in [0.1, 0.15) is 11.5 Å². The molecule has 1 aromatic rings. The Labute approximate surface area is 94.8 Å². The number of carbonyl (C=O) groups is 1. The second-order valence-corrected chi connectivity index (χ2v) is 3.54. The van der Waals surface area contributed by atoms with Gasteiger partial charge in [0.25, 0.3) is 0 Å². The van der Waals surface area contributed by atoms with Gasteiger partial charge in [0, 0.05) is 6.42 Å². The van der Waals surface area contributed by atoms with Crippen LogP contribution in [-0.4, -0.2) is 24.3 Å². The highest BCUT2D eigenvalue weighted by Crippen LogP contribution is 2.18. The Morgan fingerprint density at radius 2 is 2.00 bits per heavy atom. The van der Waals surface area contributed by atoms with Crippen molar-refractivity contribution in [3.05, 3.63) is 24.3 Å². The maximum absolute atomic E-state index is 10.9. The summed E-state index contributed by atoms with van der Waals surface area (Å²) in [5, 5.41) is 9.08. The molecular weight excluding hydrogens is 208 g/mol. The van der Waals surface area contributed by atoms with E-state index in [4.69, 9.17) is 9.84 Å². The highest BCUT2D eigenvalue weighted by atomic mass is 16.5. The first-order valence-corrected chi connectivity index (χ1v) is 5.14. The van der Waals surface area contributed by atoms with Gasteiger partial charge < -0.3 is 14.6 Å². The highest BCUT2D eigenvalue weighted by molar-refractivity contribution is 5.69. The lowest BCUT2D eigenvalue weighted by molar-refractivity contribution is -0.141. The molecule has 0 saturated carbocycles. The van der Waals surface area contributed by atoms with Crippen molar-refractivity contribution in [3.63, 3.8) is 0 Å². The molecule has 4 heteroatoms. The van der Waals surface area contributed by atoms with Crippen LogP contribution in [0.25, 0.3) is 0 Å². The first kappa shape index (κ1) is 12.4. The van der Waals surface area contributed by atoms with Crippen LogP contribution in [0.15, 0.2) is 24.3 Å². The van der Waals surface area contributed by atoms with Gasteiger partial charge in [-0.1, -0.05) is 0 Å². The molecule has 0 radical (unpaired) electrons. The van der Waals surface area contributed by atoms with Gasteiger partial charge in [0.05, 0.1) is 13.2 Å².